The number of amides is 1. The first kappa shape index (κ1) is 18.5. The Morgan fingerprint density at radius 3 is 2.44 bits per heavy atom. The Kier molecular flexibility index (Phi) is 6.16. The van der Waals surface area contributed by atoms with Gasteiger partial charge in [-0.3, -0.25) is 14.6 Å². The topological polar surface area (TPSA) is 104 Å². The number of aryl methyl sites for hydroxylation is 1. The zero-order valence-electron chi connectivity index (χ0n) is 14.6. The van der Waals surface area contributed by atoms with E-state index >= 15 is 0 Å². The minimum absolute atomic E-state index is 0.103. The third-order valence-electron chi connectivity index (χ3n) is 4.12. The molecule has 0 bridgehead atoms. The van der Waals surface area contributed by atoms with Crippen molar-refractivity contribution < 1.29 is 9.53 Å². The van der Waals surface area contributed by atoms with Gasteiger partial charge in [-0.2, -0.15) is 0 Å². The number of benzene rings is 1. The zero-order chi connectivity index (χ0) is 18.4. The van der Waals surface area contributed by atoms with E-state index in [0.717, 1.165) is 17.7 Å². The second-order valence-electron chi connectivity index (χ2n) is 5.81. The molecule has 1 atom stereocenters. The van der Waals surface area contributed by atoms with Crippen molar-refractivity contribution >= 4 is 5.91 Å². The standard InChI is InChI=1S/C18H23N3O4/c1-4-15(12-5-7-13(25-3)8-6-12)20-16(22)10-9-14-11(2)19-18(24)21-17(14)23/h5-8,15H,4,9-10H2,1-3H3,(H,20,22)(H2,19,21,23,24)/t15-/m1/s1. The van der Waals surface area contributed by atoms with Crippen LogP contribution in [0.5, 0.6) is 5.75 Å². The van der Waals surface area contributed by atoms with Gasteiger partial charge in [0.15, 0.2) is 0 Å². The van der Waals surface area contributed by atoms with Crippen molar-refractivity contribution in [2.24, 2.45) is 0 Å². The fourth-order valence-electron chi connectivity index (χ4n) is 2.69. The van der Waals surface area contributed by atoms with E-state index in [1.165, 1.54) is 0 Å². The molecule has 0 aliphatic heterocycles. The maximum Gasteiger partial charge on any atom is 0.325 e. The fourth-order valence-corrected chi connectivity index (χ4v) is 2.69. The van der Waals surface area contributed by atoms with Crippen molar-refractivity contribution in [3.8, 4) is 5.75 Å². The zero-order valence-corrected chi connectivity index (χ0v) is 14.6. The van der Waals surface area contributed by atoms with Gasteiger partial charge in [-0.25, -0.2) is 4.79 Å². The lowest BCUT2D eigenvalue weighted by Gasteiger charge is -2.18. The summed E-state index contributed by atoms with van der Waals surface area (Å²) in [7, 11) is 1.61. The maximum absolute atomic E-state index is 12.3. The van der Waals surface area contributed by atoms with Crippen molar-refractivity contribution in [2.75, 3.05) is 7.11 Å². The van der Waals surface area contributed by atoms with Gasteiger partial charge in [0.2, 0.25) is 5.91 Å². The van der Waals surface area contributed by atoms with Crippen molar-refractivity contribution in [2.45, 2.75) is 39.2 Å². The summed E-state index contributed by atoms with van der Waals surface area (Å²) in [5, 5.41) is 2.98. The quantitative estimate of drug-likeness (QED) is 0.708. The number of carbonyl (C=O) groups is 1. The average Bonchev–Trinajstić information content (AvgIpc) is 2.59. The van der Waals surface area contributed by atoms with Gasteiger partial charge in [-0.05, 0) is 37.5 Å². The first-order valence-electron chi connectivity index (χ1n) is 8.20. The van der Waals surface area contributed by atoms with Crippen LogP contribution in [-0.2, 0) is 11.2 Å². The smallest absolute Gasteiger partial charge is 0.325 e. The minimum atomic E-state index is -0.541. The van der Waals surface area contributed by atoms with Crippen molar-refractivity contribution in [3.63, 3.8) is 0 Å². The molecule has 2 rings (SSSR count). The number of hydrogen-bond acceptors (Lipinski definition) is 4. The molecular formula is C18H23N3O4. The number of ether oxygens (including phenoxy) is 1. The normalized spacial score (nSPS) is 11.8. The van der Waals surface area contributed by atoms with E-state index in [1.54, 1.807) is 14.0 Å². The number of aromatic amines is 2. The lowest BCUT2D eigenvalue weighted by Crippen LogP contribution is -2.30. The van der Waals surface area contributed by atoms with E-state index in [1.807, 2.05) is 31.2 Å². The summed E-state index contributed by atoms with van der Waals surface area (Å²) < 4.78 is 5.14. The van der Waals surface area contributed by atoms with Crippen LogP contribution in [0.4, 0.5) is 0 Å². The first-order valence-corrected chi connectivity index (χ1v) is 8.20. The highest BCUT2D eigenvalue weighted by atomic mass is 16.5. The number of aromatic nitrogens is 2. The summed E-state index contributed by atoms with van der Waals surface area (Å²) in [5.41, 5.74) is 0.920. The van der Waals surface area contributed by atoms with E-state index in [-0.39, 0.29) is 24.8 Å². The molecule has 0 radical (unpaired) electrons. The Morgan fingerprint density at radius 1 is 1.20 bits per heavy atom. The van der Waals surface area contributed by atoms with Crippen molar-refractivity contribution in [1.29, 1.82) is 0 Å². The van der Waals surface area contributed by atoms with Crippen LogP contribution in [0.1, 0.15) is 42.6 Å². The lowest BCUT2D eigenvalue weighted by atomic mass is 10.0. The molecule has 0 saturated carbocycles. The Bertz CT molecular complexity index is 837. The third kappa shape index (κ3) is 4.82. The maximum atomic E-state index is 12.3. The summed E-state index contributed by atoms with van der Waals surface area (Å²) in [6, 6.07) is 7.45. The van der Waals surface area contributed by atoms with Crippen LogP contribution in [-0.4, -0.2) is 23.0 Å². The first-order chi connectivity index (χ1) is 11.9. The van der Waals surface area contributed by atoms with Gasteiger partial charge >= 0.3 is 5.69 Å². The summed E-state index contributed by atoms with van der Waals surface area (Å²) in [6.45, 7) is 3.64. The molecule has 0 spiro atoms. The number of H-pyrrole nitrogens is 2. The third-order valence-corrected chi connectivity index (χ3v) is 4.12. The SMILES string of the molecule is CC[C@@H](NC(=O)CCc1c(C)[nH]c(=O)[nH]c1=O)c1ccc(OC)cc1. The second-order valence-corrected chi connectivity index (χ2v) is 5.81. The molecule has 3 N–H and O–H groups in total. The molecule has 1 aromatic carbocycles. The van der Waals surface area contributed by atoms with Crippen LogP contribution in [0, 0.1) is 6.92 Å². The lowest BCUT2D eigenvalue weighted by molar-refractivity contribution is -0.121. The molecular weight excluding hydrogens is 322 g/mol. The molecule has 0 aliphatic rings. The van der Waals surface area contributed by atoms with Gasteiger partial charge in [0.1, 0.15) is 5.75 Å². The molecule has 1 aromatic heterocycles. The molecule has 1 heterocycles. The van der Waals surface area contributed by atoms with Crippen molar-refractivity contribution in [1.82, 2.24) is 15.3 Å². The monoisotopic (exact) mass is 345 g/mol. The predicted molar refractivity (Wildman–Crippen MR) is 94.9 cm³/mol. The highest BCUT2D eigenvalue weighted by molar-refractivity contribution is 5.76. The van der Waals surface area contributed by atoms with Crippen LogP contribution < -0.4 is 21.3 Å². The Morgan fingerprint density at radius 2 is 1.88 bits per heavy atom. The number of nitrogens with one attached hydrogen (secondary N) is 3. The molecule has 2 aromatic rings. The molecule has 1 amide bonds. The van der Waals surface area contributed by atoms with Gasteiger partial charge in [-0.1, -0.05) is 19.1 Å². The number of methoxy groups -OCH3 is 1. The summed E-state index contributed by atoms with van der Waals surface area (Å²) in [6.07, 6.45) is 1.18. The number of hydrogen-bond donors (Lipinski definition) is 3. The molecule has 0 fully saturated rings. The highest BCUT2D eigenvalue weighted by Gasteiger charge is 2.14. The summed E-state index contributed by atoms with van der Waals surface area (Å²) >= 11 is 0. The molecule has 25 heavy (non-hydrogen) atoms. The molecule has 0 saturated heterocycles. The van der Waals surface area contributed by atoms with E-state index in [4.69, 9.17) is 4.74 Å². The molecule has 7 nitrogen and oxygen atoms in total. The van der Waals surface area contributed by atoms with Gasteiger partial charge in [0.25, 0.3) is 5.56 Å². The Labute approximate surface area is 145 Å². The van der Waals surface area contributed by atoms with E-state index < -0.39 is 11.2 Å². The second kappa shape index (κ2) is 8.32. The van der Waals surface area contributed by atoms with Crippen molar-refractivity contribution in [3.05, 3.63) is 61.9 Å². The Balaban J connectivity index is 2.00. The highest BCUT2D eigenvalue weighted by Crippen LogP contribution is 2.20. The summed E-state index contributed by atoms with van der Waals surface area (Å²) in [4.78, 5) is 40.0. The van der Waals surface area contributed by atoms with Crippen LogP contribution in [0.15, 0.2) is 33.9 Å². The summed E-state index contributed by atoms with van der Waals surface area (Å²) in [5.74, 6) is 0.616. The van der Waals surface area contributed by atoms with Gasteiger partial charge in [0, 0.05) is 17.7 Å². The van der Waals surface area contributed by atoms with Crippen LogP contribution in [0.25, 0.3) is 0 Å². The van der Waals surface area contributed by atoms with Gasteiger partial charge in [0.05, 0.1) is 13.2 Å². The fraction of sp³-hybridized carbons (Fsp3) is 0.389. The molecule has 0 unspecified atom stereocenters. The van der Waals surface area contributed by atoms with Gasteiger partial charge < -0.3 is 15.0 Å². The molecule has 7 heteroatoms. The predicted octanol–water partition coefficient (Wildman–Crippen LogP) is 1.58. The number of carbonyl (C=O) groups excluding carboxylic acids is 1. The van der Waals surface area contributed by atoms with Crippen LogP contribution >= 0.6 is 0 Å². The van der Waals surface area contributed by atoms with E-state index in [2.05, 4.69) is 15.3 Å². The number of rotatable bonds is 7. The minimum Gasteiger partial charge on any atom is -0.497 e. The largest absolute Gasteiger partial charge is 0.497 e. The van der Waals surface area contributed by atoms with Crippen LogP contribution in [0.2, 0.25) is 0 Å². The molecule has 0 aliphatic carbocycles. The molecule has 134 valence electrons. The average molecular weight is 345 g/mol. The Hall–Kier alpha value is -2.83. The van der Waals surface area contributed by atoms with E-state index in [0.29, 0.717) is 11.3 Å². The van der Waals surface area contributed by atoms with Gasteiger partial charge in [-0.15, -0.1) is 0 Å². The van der Waals surface area contributed by atoms with E-state index in [9.17, 15) is 14.4 Å². The van der Waals surface area contributed by atoms with Crippen LogP contribution in [0.3, 0.4) is 0 Å².